The number of aromatic nitrogens is 1. The SMILES string of the molecule is CCN(Cc1ccc2c(c1)OCO2)C(=O)COC(=O)c1cc([N+](=O)[O-])cn1C. The van der Waals surface area contributed by atoms with Crippen molar-refractivity contribution >= 4 is 17.6 Å². The number of likely N-dealkylation sites (N-methyl/N-ethyl adjacent to an activating group) is 1. The Kier molecular flexibility index (Phi) is 5.48. The number of ether oxygens (including phenoxy) is 3. The fourth-order valence-electron chi connectivity index (χ4n) is 2.78. The second kappa shape index (κ2) is 7.99. The van der Waals surface area contributed by atoms with E-state index in [1.807, 2.05) is 13.0 Å². The van der Waals surface area contributed by atoms with Crippen LogP contribution < -0.4 is 9.47 Å². The van der Waals surface area contributed by atoms with Crippen LogP contribution in [0, 0.1) is 10.1 Å². The molecule has 1 aliphatic rings. The molecular weight excluding hydrogens is 370 g/mol. The van der Waals surface area contributed by atoms with E-state index >= 15 is 0 Å². The average Bonchev–Trinajstić information content (AvgIpc) is 3.29. The number of esters is 1. The van der Waals surface area contributed by atoms with E-state index in [0.717, 1.165) is 11.6 Å². The molecule has 3 rings (SSSR count). The van der Waals surface area contributed by atoms with Gasteiger partial charge in [-0.3, -0.25) is 14.9 Å². The van der Waals surface area contributed by atoms with Gasteiger partial charge in [0.2, 0.25) is 6.79 Å². The van der Waals surface area contributed by atoms with Crippen molar-refractivity contribution in [2.45, 2.75) is 13.5 Å². The van der Waals surface area contributed by atoms with Crippen LogP contribution in [0.25, 0.3) is 0 Å². The van der Waals surface area contributed by atoms with Crippen LogP contribution in [0.2, 0.25) is 0 Å². The summed E-state index contributed by atoms with van der Waals surface area (Å²) < 4.78 is 16.9. The first-order chi connectivity index (χ1) is 13.4. The Balaban J connectivity index is 1.59. The number of fused-ring (bicyclic) bond motifs is 1. The lowest BCUT2D eigenvalue weighted by atomic mass is 10.2. The fourth-order valence-corrected chi connectivity index (χ4v) is 2.78. The molecule has 0 N–H and O–H groups in total. The van der Waals surface area contributed by atoms with Crippen molar-refractivity contribution in [3.63, 3.8) is 0 Å². The van der Waals surface area contributed by atoms with Crippen molar-refractivity contribution < 1.29 is 28.7 Å². The lowest BCUT2D eigenvalue weighted by Gasteiger charge is -2.21. The van der Waals surface area contributed by atoms with Crippen LogP contribution in [-0.2, 0) is 23.1 Å². The maximum absolute atomic E-state index is 12.4. The fraction of sp³-hybridized carbons (Fsp3) is 0.333. The van der Waals surface area contributed by atoms with Gasteiger partial charge in [0.05, 0.1) is 11.1 Å². The molecule has 0 spiro atoms. The van der Waals surface area contributed by atoms with Gasteiger partial charge < -0.3 is 23.7 Å². The molecule has 0 aliphatic carbocycles. The zero-order chi connectivity index (χ0) is 20.3. The van der Waals surface area contributed by atoms with Gasteiger partial charge in [-0.05, 0) is 24.6 Å². The predicted octanol–water partition coefficient (Wildman–Crippen LogP) is 1.87. The number of amides is 1. The molecule has 2 aromatic rings. The van der Waals surface area contributed by atoms with Crippen LogP contribution in [0.5, 0.6) is 11.5 Å². The molecule has 10 nitrogen and oxygen atoms in total. The van der Waals surface area contributed by atoms with Crippen LogP contribution in [0.3, 0.4) is 0 Å². The van der Waals surface area contributed by atoms with Crippen LogP contribution in [0.1, 0.15) is 23.0 Å². The molecule has 1 amide bonds. The molecule has 0 atom stereocenters. The van der Waals surface area contributed by atoms with E-state index in [-0.39, 0.29) is 24.1 Å². The summed E-state index contributed by atoms with van der Waals surface area (Å²) in [6.45, 7) is 2.26. The molecular formula is C18H19N3O7. The molecule has 148 valence electrons. The summed E-state index contributed by atoms with van der Waals surface area (Å²) in [4.78, 5) is 36.3. The summed E-state index contributed by atoms with van der Waals surface area (Å²) in [6.07, 6.45) is 1.20. The Bertz CT molecular complexity index is 922. The Morgan fingerprint density at radius 2 is 2.04 bits per heavy atom. The normalized spacial score (nSPS) is 11.9. The number of hydrogen-bond acceptors (Lipinski definition) is 7. The second-order valence-electron chi connectivity index (χ2n) is 6.12. The molecule has 0 bridgehead atoms. The van der Waals surface area contributed by atoms with E-state index < -0.39 is 17.5 Å². The van der Waals surface area contributed by atoms with E-state index in [0.29, 0.717) is 24.6 Å². The molecule has 0 fully saturated rings. The summed E-state index contributed by atoms with van der Waals surface area (Å²) in [7, 11) is 1.49. The van der Waals surface area contributed by atoms with E-state index in [9.17, 15) is 19.7 Å². The molecule has 1 aromatic carbocycles. The maximum Gasteiger partial charge on any atom is 0.355 e. The van der Waals surface area contributed by atoms with Gasteiger partial charge >= 0.3 is 5.97 Å². The highest BCUT2D eigenvalue weighted by Crippen LogP contribution is 2.32. The molecule has 10 heteroatoms. The van der Waals surface area contributed by atoms with E-state index in [1.54, 1.807) is 12.1 Å². The van der Waals surface area contributed by atoms with Gasteiger partial charge in [0.1, 0.15) is 5.69 Å². The number of carbonyl (C=O) groups excluding carboxylic acids is 2. The minimum atomic E-state index is -0.803. The number of benzene rings is 1. The van der Waals surface area contributed by atoms with Crippen molar-refractivity contribution in [2.24, 2.45) is 7.05 Å². The number of hydrogen-bond donors (Lipinski definition) is 0. The minimum absolute atomic E-state index is 0.00156. The summed E-state index contributed by atoms with van der Waals surface area (Å²) >= 11 is 0. The van der Waals surface area contributed by atoms with Crippen molar-refractivity contribution in [3.05, 3.63) is 51.8 Å². The number of carbonyl (C=O) groups is 2. The van der Waals surface area contributed by atoms with Gasteiger partial charge in [-0.1, -0.05) is 6.07 Å². The van der Waals surface area contributed by atoms with Crippen molar-refractivity contribution in [1.29, 1.82) is 0 Å². The van der Waals surface area contributed by atoms with E-state index in [1.165, 1.54) is 22.7 Å². The number of rotatable bonds is 7. The van der Waals surface area contributed by atoms with E-state index in [4.69, 9.17) is 14.2 Å². The first kappa shape index (κ1) is 19.2. The molecule has 0 saturated heterocycles. The smallest absolute Gasteiger partial charge is 0.355 e. The monoisotopic (exact) mass is 389 g/mol. The van der Waals surface area contributed by atoms with Gasteiger partial charge in [-0.25, -0.2) is 4.79 Å². The molecule has 1 aromatic heterocycles. The lowest BCUT2D eigenvalue weighted by Crippen LogP contribution is -2.34. The minimum Gasteiger partial charge on any atom is -0.454 e. The Morgan fingerprint density at radius 1 is 1.29 bits per heavy atom. The largest absolute Gasteiger partial charge is 0.454 e. The number of aryl methyl sites for hydroxylation is 1. The molecule has 28 heavy (non-hydrogen) atoms. The number of nitrogens with zero attached hydrogens (tertiary/aromatic N) is 3. The zero-order valence-corrected chi connectivity index (χ0v) is 15.4. The molecule has 0 saturated carbocycles. The third-order valence-electron chi connectivity index (χ3n) is 4.28. The Labute approximate surface area is 160 Å². The lowest BCUT2D eigenvalue weighted by molar-refractivity contribution is -0.384. The average molecular weight is 389 g/mol. The highest BCUT2D eigenvalue weighted by molar-refractivity contribution is 5.90. The van der Waals surface area contributed by atoms with Gasteiger partial charge in [0.15, 0.2) is 18.1 Å². The highest BCUT2D eigenvalue weighted by atomic mass is 16.7. The third-order valence-corrected chi connectivity index (χ3v) is 4.28. The molecule has 1 aliphatic heterocycles. The van der Waals surface area contributed by atoms with Gasteiger partial charge in [-0.2, -0.15) is 0 Å². The Morgan fingerprint density at radius 3 is 2.71 bits per heavy atom. The van der Waals surface area contributed by atoms with Gasteiger partial charge in [0.25, 0.3) is 11.6 Å². The first-order valence-electron chi connectivity index (χ1n) is 8.53. The van der Waals surface area contributed by atoms with Crippen molar-refractivity contribution in [1.82, 2.24) is 9.47 Å². The quantitative estimate of drug-likeness (QED) is 0.403. The topological polar surface area (TPSA) is 113 Å². The first-order valence-corrected chi connectivity index (χ1v) is 8.53. The summed E-state index contributed by atoms with van der Waals surface area (Å²) in [6, 6.07) is 6.52. The summed E-state index contributed by atoms with van der Waals surface area (Å²) in [5, 5.41) is 10.8. The molecule has 2 heterocycles. The van der Waals surface area contributed by atoms with E-state index in [2.05, 4.69) is 0 Å². The third kappa shape index (κ3) is 4.05. The number of nitro groups is 1. The summed E-state index contributed by atoms with van der Waals surface area (Å²) in [5.41, 5.74) is 0.626. The van der Waals surface area contributed by atoms with Gasteiger partial charge in [0, 0.05) is 26.2 Å². The van der Waals surface area contributed by atoms with Crippen molar-refractivity contribution in [3.8, 4) is 11.5 Å². The molecule has 0 radical (unpaired) electrons. The predicted molar refractivity (Wildman–Crippen MR) is 96.0 cm³/mol. The van der Waals surface area contributed by atoms with Crippen LogP contribution in [-0.4, -0.2) is 46.2 Å². The standard InChI is InChI=1S/C18H19N3O7/c1-3-20(8-12-4-5-15-16(6-12)28-11-27-15)17(22)10-26-18(23)14-7-13(21(24)25)9-19(14)2/h4-7,9H,3,8,10-11H2,1-2H3. The van der Waals surface area contributed by atoms with Crippen LogP contribution in [0.15, 0.2) is 30.5 Å². The highest BCUT2D eigenvalue weighted by Gasteiger charge is 2.21. The second-order valence-corrected chi connectivity index (χ2v) is 6.12. The maximum atomic E-state index is 12.4. The zero-order valence-electron chi connectivity index (χ0n) is 15.4. The van der Waals surface area contributed by atoms with Crippen LogP contribution >= 0.6 is 0 Å². The van der Waals surface area contributed by atoms with Crippen LogP contribution in [0.4, 0.5) is 5.69 Å². The molecule has 0 unspecified atom stereocenters. The summed E-state index contributed by atoms with van der Waals surface area (Å²) in [5.74, 6) is 0.0988. The Hall–Kier alpha value is -3.56. The van der Waals surface area contributed by atoms with Crippen molar-refractivity contribution in [2.75, 3.05) is 19.9 Å². The van der Waals surface area contributed by atoms with Gasteiger partial charge in [-0.15, -0.1) is 0 Å².